The summed E-state index contributed by atoms with van der Waals surface area (Å²) >= 11 is 10.9. The van der Waals surface area contributed by atoms with Gasteiger partial charge in [0.1, 0.15) is 0 Å². The predicted molar refractivity (Wildman–Crippen MR) is 78.8 cm³/mol. The minimum Gasteiger partial charge on any atom is -0.324 e. The smallest absolute Gasteiger partial charge is 0.241 e. The highest BCUT2D eigenvalue weighted by atomic mass is 79.9. The number of benzene rings is 1. The highest BCUT2D eigenvalue weighted by molar-refractivity contribution is 9.10. The maximum atomic E-state index is 11.8. The highest BCUT2D eigenvalue weighted by Gasteiger charge is 2.14. The summed E-state index contributed by atoms with van der Waals surface area (Å²) < 4.78 is 0.785. The summed E-state index contributed by atoms with van der Waals surface area (Å²) in [6.07, 6.45) is 2.64. The number of amides is 1. The first-order valence-electron chi connectivity index (χ1n) is 5.05. The van der Waals surface area contributed by atoms with Crippen LogP contribution in [0.4, 0.5) is 5.69 Å². The van der Waals surface area contributed by atoms with E-state index in [0.717, 1.165) is 10.2 Å². The van der Waals surface area contributed by atoms with Gasteiger partial charge < -0.3 is 11.1 Å². The molecule has 0 bridgehead atoms. The zero-order valence-electron chi connectivity index (χ0n) is 9.37. The van der Waals surface area contributed by atoms with Crippen LogP contribution in [-0.4, -0.2) is 24.0 Å². The lowest BCUT2D eigenvalue weighted by atomic mass is 10.2. The second kappa shape index (κ2) is 7.26. The van der Waals surface area contributed by atoms with E-state index < -0.39 is 6.04 Å². The number of carbonyl (C=O) groups is 1. The molecule has 0 aliphatic carbocycles. The fraction of sp³-hybridized carbons (Fsp3) is 0.364. The van der Waals surface area contributed by atoms with Crippen molar-refractivity contribution in [2.24, 2.45) is 5.73 Å². The molecule has 1 aromatic rings. The molecule has 0 aliphatic rings. The molecule has 0 aliphatic heterocycles. The molecule has 0 saturated carbocycles. The first-order chi connectivity index (χ1) is 8.04. The standard InChI is InChI=1S/C11H14BrClN2OS/c1-17-5-4-9(14)11(16)15-10-6-7(13)2-3-8(10)12/h2-3,6,9H,4-5,14H2,1H3,(H,15,16)/t9-/m1/s1. The molecule has 0 spiro atoms. The second-order valence-corrected chi connectivity index (χ2v) is 5.78. The number of carbonyl (C=O) groups excluding carboxylic acids is 1. The molecule has 0 fully saturated rings. The maximum absolute atomic E-state index is 11.8. The van der Waals surface area contributed by atoms with Gasteiger partial charge in [-0.15, -0.1) is 0 Å². The fourth-order valence-corrected chi connectivity index (χ4v) is 2.20. The zero-order valence-corrected chi connectivity index (χ0v) is 12.5. The normalized spacial score (nSPS) is 12.2. The van der Waals surface area contributed by atoms with E-state index >= 15 is 0 Å². The Bertz CT molecular complexity index is 403. The van der Waals surface area contributed by atoms with Crippen LogP contribution in [0, 0.1) is 0 Å². The van der Waals surface area contributed by atoms with Gasteiger partial charge in [0, 0.05) is 9.50 Å². The number of rotatable bonds is 5. The summed E-state index contributed by atoms with van der Waals surface area (Å²) in [5.74, 6) is 0.674. The lowest BCUT2D eigenvalue weighted by molar-refractivity contribution is -0.117. The SMILES string of the molecule is CSCC[C@@H](N)C(=O)Nc1cc(Cl)ccc1Br. The van der Waals surface area contributed by atoms with E-state index in [4.69, 9.17) is 17.3 Å². The Hall–Kier alpha value is -0.230. The van der Waals surface area contributed by atoms with Gasteiger partial charge in [-0.1, -0.05) is 11.6 Å². The summed E-state index contributed by atoms with van der Waals surface area (Å²) in [5.41, 5.74) is 6.41. The number of anilines is 1. The van der Waals surface area contributed by atoms with Crippen LogP contribution in [0.25, 0.3) is 0 Å². The third-order valence-electron chi connectivity index (χ3n) is 2.16. The first-order valence-corrected chi connectivity index (χ1v) is 7.61. The van der Waals surface area contributed by atoms with Gasteiger partial charge in [-0.2, -0.15) is 11.8 Å². The van der Waals surface area contributed by atoms with Crippen LogP contribution in [0.3, 0.4) is 0 Å². The Morgan fingerprint density at radius 2 is 2.35 bits per heavy atom. The van der Waals surface area contributed by atoms with E-state index in [1.807, 2.05) is 6.26 Å². The lowest BCUT2D eigenvalue weighted by Gasteiger charge is -2.12. The Morgan fingerprint density at radius 3 is 3.00 bits per heavy atom. The van der Waals surface area contributed by atoms with Crippen molar-refractivity contribution in [1.29, 1.82) is 0 Å². The van der Waals surface area contributed by atoms with Crippen molar-refractivity contribution < 1.29 is 4.79 Å². The van der Waals surface area contributed by atoms with Crippen molar-refractivity contribution in [3.63, 3.8) is 0 Å². The number of nitrogens with one attached hydrogen (secondary N) is 1. The highest BCUT2D eigenvalue weighted by Crippen LogP contribution is 2.25. The third kappa shape index (κ3) is 4.87. The molecule has 0 heterocycles. The molecule has 94 valence electrons. The van der Waals surface area contributed by atoms with E-state index in [1.54, 1.807) is 30.0 Å². The van der Waals surface area contributed by atoms with Crippen LogP contribution in [0.2, 0.25) is 5.02 Å². The molecule has 6 heteroatoms. The van der Waals surface area contributed by atoms with Gasteiger partial charge in [-0.25, -0.2) is 0 Å². The molecular weight excluding hydrogens is 324 g/mol. The van der Waals surface area contributed by atoms with Crippen molar-refractivity contribution >= 4 is 50.9 Å². The van der Waals surface area contributed by atoms with E-state index in [1.165, 1.54) is 0 Å². The third-order valence-corrected chi connectivity index (χ3v) is 3.73. The molecule has 0 saturated heterocycles. The summed E-state index contributed by atoms with van der Waals surface area (Å²) in [5, 5.41) is 3.33. The Kier molecular flexibility index (Phi) is 6.33. The molecule has 3 N–H and O–H groups in total. The Morgan fingerprint density at radius 1 is 1.65 bits per heavy atom. The maximum Gasteiger partial charge on any atom is 0.241 e. The lowest BCUT2D eigenvalue weighted by Crippen LogP contribution is -2.36. The van der Waals surface area contributed by atoms with Crippen LogP contribution < -0.4 is 11.1 Å². The van der Waals surface area contributed by atoms with E-state index in [0.29, 0.717) is 17.1 Å². The van der Waals surface area contributed by atoms with E-state index in [2.05, 4.69) is 21.2 Å². The number of hydrogen-bond acceptors (Lipinski definition) is 3. The topological polar surface area (TPSA) is 55.1 Å². The van der Waals surface area contributed by atoms with Gasteiger partial charge in [-0.3, -0.25) is 4.79 Å². The van der Waals surface area contributed by atoms with Crippen LogP contribution in [0.15, 0.2) is 22.7 Å². The number of nitrogens with two attached hydrogens (primary N) is 1. The average molecular weight is 338 g/mol. The minimum absolute atomic E-state index is 0.193. The molecular formula is C11H14BrClN2OS. The van der Waals surface area contributed by atoms with E-state index in [-0.39, 0.29) is 5.91 Å². The minimum atomic E-state index is -0.492. The van der Waals surface area contributed by atoms with Crippen molar-refractivity contribution in [3.05, 3.63) is 27.7 Å². The number of hydrogen-bond donors (Lipinski definition) is 2. The predicted octanol–water partition coefficient (Wildman–Crippen LogP) is 3.12. The summed E-state index contributed by atoms with van der Waals surface area (Å²) in [7, 11) is 0. The van der Waals surface area contributed by atoms with Crippen molar-refractivity contribution in [3.8, 4) is 0 Å². The molecule has 1 amide bonds. The molecule has 0 radical (unpaired) electrons. The largest absolute Gasteiger partial charge is 0.324 e. The molecule has 3 nitrogen and oxygen atoms in total. The fourth-order valence-electron chi connectivity index (χ4n) is 1.19. The summed E-state index contributed by atoms with van der Waals surface area (Å²) in [4.78, 5) is 11.8. The molecule has 1 atom stereocenters. The van der Waals surface area contributed by atoms with Gasteiger partial charge in [0.05, 0.1) is 11.7 Å². The molecule has 0 unspecified atom stereocenters. The van der Waals surface area contributed by atoms with Crippen molar-refractivity contribution in [2.75, 3.05) is 17.3 Å². The monoisotopic (exact) mass is 336 g/mol. The second-order valence-electron chi connectivity index (χ2n) is 3.50. The first kappa shape index (κ1) is 14.8. The van der Waals surface area contributed by atoms with Gasteiger partial charge in [0.15, 0.2) is 0 Å². The van der Waals surface area contributed by atoms with Gasteiger partial charge >= 0.3 is 0 Å². The van der Waals surface area contributed by atoms with Crippen molar-refractivity contribution in [1.82, 2.24) is 0 Å². The van der Waals surface area contributed by atoms with Crippen LogP contribution >= 0.6 is 39.3 Å². The molecule has 0 aromatic heterocycles. The summed E-state index contributed by atoms with van der Waals surface area (Å²) in [6, 6.07) is 4.72. The quantitative estimate of drug-likeness (QED) is 0.868. The van der Waals surface area contributed by atoms with Gasteiger partial charge in [0.25, 0.3) is 0 Å². The molecule has 1 rings (SSSR count). The average Bonchev–Trinajstić information content (AvgIpc) is 2.30. The molecule has 17 heavy (non-hydrogen) atoms. The van der Waals surface area contributed by atoms with Crippen LogP contribution in [0.5, 0.6) is 0 Å². The Balaban J connectivity index is 2.64. The zero-order chi connectivity index (χ0) is 12.8. The van der Waals surface area contributed by atoms with Crippen molar-refractivity contribution in [2.45, 2.75) is 12.5 Å². The summed E-state index contributed by atoms with van der Waals surface area (Å²) in [6.45, 7) is 0. The molecule has 1 aromatic carbocycles. The van der Waals surface area contributed by atoms with Gasteiger partial charge in [0.2, 0.25) is 5.91 Å². The number of thioether (sulfide) groups is 1. The van der Waals surface area contributed by atoms with E-state index in [9.17, 15) is 4.79 Å². The van der Waals surface area contributed by atoms with Crippen LogP contribution in [0.1, 0.15) is 6.42 Å². The van der Waals surface area contributed by atoms with Gasteiger partial charge in [-0.05, 0) is 52.6 Å². The van der Waals surface area contributed by atoms with Crippen LogP contribution in [-0.2, 0) is 4.79 Å². The number of halogens is 2. The Labute approximate surface area is 119 Å².